The first-order chi connectivity index (χ1) is 12.4. The zero-order valence-electron chi connectivity index (χ0n) is 14.6. The van der Waals surface area contributed by atoms with Crippen LogP contribution >= 0.6 is 0 Å². The van der Waals surface area contributed by atoms with Gasteiger partial charge >= 0.3 is 0 Å². The van der Waals surface area contributed by atoms with Crippen LogP contribution < -0.4 is 21.1 Å². The Bertz CT molecular complexity index is 820. The molecule has 2 aromatic carbocycles. The zero-order valence-corrected chi connectivity index (χ0v) is 14.6. The first kappa shape index (κ1) is 19.0. The van der Waals surface area contributed by atoms with Gasteiger partial charge in [0.1, 0.15) is 11.8 Å². The summed E-state index contributed by atoms with van der Waals surface area (Å²) in [6, 6.07) is 12.8. The SMILES string of the molecule is COc1ccccc1C[C@H](NC(=O)c1ccccc1NC(C)=O)C(N)=O. The van der Waals surface area contributed by atoms with Gasteiger partial charge in [-0.2, -0.15) is 0 Å². The van der Waals surface area contributed by atoms with E-state index in [0.29, 0.717) is 11.4 Å². The number of amides is 3. The molecule has 26 heavy (non-hydrogen) atoms. The molecule has 0 spiro atoms. The standard InChI is InChI=1S/C19H21N3O4/c1-12(23)21-15-9-5-4-8-14(15)19(25)22-16(18(20)24)11-13-7-3-6-10-17(13)26-2/h3-10,16H,11H2,1-2H3,(H2,20,24)(H,21,23)(H,22,25)/t16-/m0/s1. The molecule has 0 aliphatic rings. The second kappa shape index (κ2) is 8.66. The summed E-state index contributed by atoms with van der Waals surface area (Å²) < 4.78 is 5.27. The van der Waals surface area contributed by atoms with Crippen molar-refractivity contribution >= 4 is 23.4 Å². The maximum atomic E-state index is 12.6. The Hall–Kier alpha value is -3.35. The van der Waals surface area contributed by atoms with E-state index >= 15 is 0 Å². The summed E-state index contributed by atoms with van der Waals surface area (Å²) in [7, 11) is 1.53. The van der Waals surface area contributed by atoms with Crippen molar-refractivity contribution in [2.75, 3.05) is 12.4 Å². The van der Waals surface area contributed by atoms with Crippen LogP contribution in [0, 0.1) is 0 Å². The fourth-order valence-electron chi connectivity index (χ4n) is 2.53. The van der Waals surface area contributed by atoms with Gasteiger partial charge in [-0.3, -0.25) is 14.4 Å². The van der Waals surface area contributed by atoms with Crippen LogP contribution in [-0.2, 0) is 16.0 Å². The van der Waals surface area contributed by atoms with Crippen LogP contribution in [-0.4, -0.2) is 30.9 Å². The molecule has 0 aliphatic heterocycles. The van der Waals surface area contributed by atoms with Crippen molar-refractivity contribution < 1.29 is 19.1 Å². The zero-order chi connectivity index (χ0) is 19.1. The Morgan fingerprint density at radius 3 is 2.38 bits per heavy atom. The number of rotatable bonds is 7. The van der Waals surface area contributed by atoms with Gasteiger partial charge in [0.2, 0.25) is 11.8 Å². The number of anilines is 1. The number of benzene rings is 2. The Kier molecular flexibility index (Phi) is 6.32. The summed E-state index contributed by atoms with van der Waals surface area (Å²) in [4.78, 5) is 35.7. The number of hydrogen-bond donors (Lipinski definition) is 3. The highest BCUT2D eigenvalue weighted by atomic mass is 16.5. The second-order valence-corrected chi connectivity index (χ2v) is 5.67. The Morgan fingerprint density at radius 1 is 1.08 bits per heavy atom. The van der Waals surface area contributed by atoms with Crippen LogP contribution in [0.4, 0.5) is 5.69 Å². The van der Waals surface area contributed by atoms with E-state index in [9.17, 15) is 14.4 Å². The van der Waals surface area contributed by atoms with Gasteiger partial charge in [-0.1, -0.05) is 30.3 Å². The van der Waals surface area contributed by atoms with Crippen LogP contribution in [0.15, 0.2) is 48.5 Å². The average Bonchev–Trinajstić information content (AvgIpc) is 2.61. The average molecular weight is 355 g/mol. The van der Waals surface area contributed by atoms with Gasteiger partial charge in [-0.05, 0) is 23.8 Å². The number of hydrogen-bond acceptors (Lipinski definition) is 4. The molecule has 3 amide bonds. The monoisotopic (exact) mass is 355 g/mol. The smallest absolute Gasteiger partial charge is 0.254 e. The van der Waals surface area contributed by atoms with Gasteiger partial charge in [0, 0.05) is 13.3 Å². The third kappa shape index (κ3) is 4.83. The molecule has 0 radical (unpaired) electrons. The molecule has 7 nitrogen and oxygen atoms in total. The molecule has 4 N–H and O–H groups in total. The molecule has 7 heteroatoms. The minimum absolute atomic E-state index is 0.188. The lowest BCUT2D eigenvalue weighted by Crippen LogP contribution is -2.46. The van der Waals surface area contributed by atoms with E-state index in [2.05, 4.69) is 10.6 Å². The lowest BCUT2D eigenvalue weighted by molar-refractivity contribution is -0.119. The number of nitrogens with one attached hydrogen (secondary N) is 2. The predicted molar refractivity (Wildman–Crippen MR) is 97.9 cm³/mol. The van der Waals surface area contributed by atoms with Gasteiger partial charge < -0.3 is 21.1 Å². The van der Waals surface area contributed by atoms with E-state index in [1.165, 1.54) is 14.0 Å². The fraction of sp³-hybridized carbons (Fsp3) is 0.211. The predicted octanol–water partition coefficient (Wildman–Crippen LogP) is 1.48. The number of carbonyl (C=O) groups excluding carboxylic acids is 3. The summed E-state index contributed by atoms with van der Waals surface area (Å²) in [6.07, 6.45) is 0.188. The van der Waals surface area contributed by atoms with Crippen molar-refractivity contribution in [2.45, 2.75) is 19.4 Å². The molecule has 0 unspecified atom stereocenters. The van der Waals surface area contributed by atoms with Crippen LogP contribution in [0.25, 0.3) is 0 Å². The molecule has 0 bridgehead atoms. The molecule has 136 valence electrons. The van der Waals surface area contributed by atoms with Crippen LogP contribution in [0.2, 0.25) is 0 Å². The highest BCUT2D eigenvalue weighted by Gasteiger charge is 2.22. The van der Waals surface area contributed by atoms with E-state index in [1.54, 1.807) is 36.4 Å². The first-order valence-electron chi connectivity index (χ1n) is 8.01. The molecule has 0 aliphatic carbocycles. The topological polar surface area (TPSA) is 111 Å². The molecule has 0 aromatic heterocycles. The summed E-state index contributed by atoms with van der Waals surface area (Å²) in [5.74, 6) is -0.869. The minimum atomic E-state index is -0.927. The number of methoxy groups -OCH3 is 1. The molecule has 2 aromatic rings. The number of carbonyl (C=O) groups is 3. The molecule has 0 fully saturated rings. The molecule has 2 rings (SSSR count). The lowest BCUT2D eigenvalue weighted by Gasteiger charge is -2.18. The summed E-state index contributed by atoms with van der Waals surface area (Å²) in [5, 5.41) is 5.21. The molecular weight excluding hydrogens is 334 g/mol. The number of primary amides is 1. The Morgan fingerprint density at radius 2 is 1.73 bits per heavy atom. The first-order valence-corrected chi connectivity index (χ1v) is 8.01. The highest BCUT2D eigenvalue weighted by Crippen LogP contribution is 2.20. The lowest BCUT2D eigenvalue weighted by atomic mass is 10.0. The van der Waals surface area contributed by atoms with Crippen molar-refractivity contribution in [3.05, 3.63) is 59.7 Å². The van der Waals surface area contributed by atoms with Crippen molar-refractivity contribution in [1.29, 1.82) is 0 Å². The summed E-state index contributed by atoms with van der Waals surface area (Å²) in [5.41, 5.74) is 6.81. The van der Waals surface area contributed by atoms with Crippen molar-refractivity contribution in [3.8, 4) is 5.75 Å². The Balaban J connectivity index is 2.21. The van der Waals surface area contributed by atoms with Gasteiger partial charge in [0.25, 0.3) is 5.91 Å². The molecule has 0 saturated carbocycles. The molecule has 0 saturated heterocycles. The maximum Gasteiger partial charge on any atom is 0.254 e. The maximum absolute atomic E-state index is 12.6. The van der Waals surface area contributed by atoms with Crippen molar-refractivity contribution in [2.24, 2.45) is 5.73 Å². The van der Waals surface area contributed by atoms with Crippen LogP contribution in [0.5, 0.6) is 5.75 Å². The van der Waals surface area contributed by atoms with E-state index in [1.807, 2.05) is 12.1 Å². The van der Waals surface area contributed by atoms with Gasteiger partial charge in [0.15, 0.2) is 0 Å². The largest absolute Gasteiger partial charge is 0.496 e. The number of nitrogens with two attached hydrogens (primary N) is 1. The van der Waals surface area contributed by atoms with Gasteiger partial charge in [0.05, 0.1) is 18.4 Å². The van der Waals surface area contributed by atoms with Crippen LogP contribution in [0.3, 0.4) is 0 Å². The molecule has 1 atom stereocenters. The van der Waals surface area contributed by atoms with Crippen LogP contribution in [0.1, 0.15) is 22.8 Å². The Labute approximate surface area is 151 Å². The summed E-state index contributed by atoms with van der Waals surface area (Å²) >= 11 is 0. The fourth-order valence-corrected chi connectivity index (χ4v) is 2.53. The van der Waals surface area contributed by atoms with Crippen molar-refractivity contribution in [1.82, 2.24) is 5.32 Å². The third-order valence-electron chi connectivity index (χ3n) is 3.75. The third-order valence-corrected chi connectivity index (χ3v) is 3.75. The van der Waals surface area contributed by atoms with E-state index in [-0.39, 0.29) is 17.9 Å². The summed E-state index contributed by atoms with van der Waals surface area (Å²) in [6.45, 7) is 1.35. The van der Waals surface area contributed by atoms with E-state index in [0.717, 1.165) is 5.56 Å². The molecular formula is C19H21N3O4. The van der Waals surface area contributed by atoms with E-state index in [4.69, 9.17) is 10.5 Å². The minimum Gasteiger partial charge on any atom is -0.496 e. The van der Waals surface area contributed by atoms with Crippen molar-refractivity contribution in [3.63, 3.8) is 0 Å². The quantitative estimate of drug-likeness (QED) is 0.698. The number of ether oxygens (including phenoxy) is 1. The van der Waals surface area contributed by atoms with Gasteiger partial charge in [-0.25, -0.2) is 0 Å². The van der Waals surface area contributed by atoms with Gasteiger partial charge in [-0.15, -0.1) is 0 Å². The number of para-hydroxylation sites is 2. The molecule has 0 heterocycles. The van der Waals surface area contributed by atoms with E-state index < -0.39 is 17.9 Å². The normalized spacial score (nSPS) is 11.3. The second-order valence-electron chi connectivity index (χ2n) is 5.67. The highest BCUT2D eigenvalue weighted by molar-refractivity contribution is 6.04.